The molecule has 0 aromatic carbocycles. The fourth-order valence-electron chi connectivity index (χ4n) is 1.29. The van der Waals surface area contributed by atoms with Gasteiger partial charge in [-0.1, -0.05) is 45.4 Å². The molecule has 0 amide bonds. The zero-order valence-electron chi connectivity index (χ0n) is 8.23. The van der Waals surface area contributed by atoms with Crippen molar-refractivity contribution in [1.82, 2.24) is 0 Å². The fraction of sp³-hybridized carbons (Fsp3) is 0.636. The maximum atomic E-state index is 2.37. The molecule has 0 aromatic rings. The van der Waals surface area contributed by atoms with Crippen LogP contribution in [0.5, 0.6) is 0 Å². The van der Waals surface area contributed by atoms with Gasteiger partial charge >= 0.3 is 0 Å². The van der Waals surface area contributed by atoms with Crippen molar-refractivity contribution >= 4 is 0 Å². The molecule has 0 aliphatic heterocycles. The van der Waals surface area contributed by atoms with Crippen LogP contribution < -0.4 is 0 Å². The van der Waals surface area contributed by atoms with Crippen LogP contribution in [0.3, 0.4) is 0 Å². The van der Waals surface area contributed by atoms with Gasteiger partial charge < -0.3 is 0 Å². The molecular formula is C11H18. The van der Waals surface area contributed by atoms with Gasteiger partial charge in [-0.05, 0) is 23.8 Å². The van der Waals surface area contributed by atoms with Crippen LogP contribution in [0.15, 0.2) is 23.3 Å². The van der Waals surface area contributed by atoms with E-state index in [1.807, 2.05) is 0 Å². The topological polar surface area (TPSA) is 0 Å². The summed E-state index contributed by atoms with van der Waals surface area (Å²) in [6.07, 6.45) is 4.69. The van der Waals surface area contributed by atoms with Crippen LogP contribution in [-0.2, 0) is 0 Å². The summed E-state index contributed by atoms with van der Waals surface area (Å²) in [6, 6.07) is 0. The van der Waals surface area contributed by atoms with Gasteiger partial charge in [0.05, 0.1) is 0 Å². The van der Waals surface area contributed by atoms with Crippen LogP contribution in [0.1, 0.15) is 34.6 Å². The zero-order valence-corrected chi connectivity index (χ0v) is 8.23. The highest BCUT2D eigenvalue weighted by atomic mass is 14.3. The van der Waals surface area contributed by atoms with Crippen molar-refractivity contribution in [2.45, 2.75) is 34.6 Å². The Kier molecular flexibility index (Phi) is 1.96. The monoisotopic (exact) mass is 150 g/mol. The van der Waals surface area contributed by atoms with Crippen molar-refractivity contribution in [2.24, 2.45) is 11.3 Å². The molecule has 0 saturated carbocycles. The third-order valence-corrected chi connectivity index (χ3v) is 2.40. The largest absolute Gasteiger partial charge is 0.0739 e. The molecule has 0 saturated heterocycles. The molecule has 62 valence electrons. The molecule has 0 N–H and O–H groups in total. The van der Waals surface area contributed by atoms with E-state index in [0.717, 1.165) is 0 Å². The van der Waals surface area contributed by atoms with Crippen molar-refractivity contribution in [3.63, 3.8) is 0 Å². The zero-order chi connectivity index (χ0) is 8.65. The van der Waals surface area contributed by atoms with E-state index >= 15 is 0 Å². The third kappa shape index (κ3) is 1.74. The summed E-state index contributed by atoms with van der Waals surface area (Å²) in [4.78, 5) is 0. The van der Waals surface area contributed by atoms with E-state index in [4.69, 9.17) is 0 Å². The molecular weight excluding hydrogens is 132 g/mol. The lowest BCUT2D eigenvalue weighted by Gasteiger charge is -2.18. The molecule has 11 heavy (non-hydrogen) atoms. The van der Waals surface area contributed by atoms with Crippen LogP contribution in [0, 0.1) is 11.3 Å². The first-order valence-corrected chi connectivity index (χ1v) is 4.32. The van der Waals surface area contributed by atoms with Gasteiger partial charge in [0.15, 0.2) is 0 Å². The first-order valence-electron chi connectivity index (χ1n) is 4.32. The highest BCUT2D eigenvalue weighted by Crippen LogP contribution is 2.34. The summed E-state index contributed by atoms with van der Waals surface area (Å²) in [5.74, 6) is 0.657. The summed E-state index contributed by atoms with van der Waals surface area (Å²) < 4.78 is 0. The van der Waals surface area contributed by atoms with Gasteiger partial charge in [0, 0.05) is 0 Å². The van der Waals surface area contributed by atoms with Gasteiger partial charge in [-0.2, -0.15) is 0 Å². The standard InChI is InChI=1S/C11H18/c1-8-6-10(7-9(8)2)11(3,4)5/h6-8H,1-5H3. The summed E-state index contributed by atoms with van der Waals surface area (Å²) in [7, 11) is 0. The molecule has 1 atom stereocenters. The summed E-state index contributed by atoms with van der Waals surface area (Å²) in [5, 5.41) is 0. The number of rotatable bonds is 0. The Morgan fingerprint density at radius 3 is 2.00 bits per heavy atom. The van der Waals surface area contributed by atoms with Crippen LogP contribution >= 0.6 is 0 Å². The van der Waals surface area contributed by atoms with E-state index in [1.165, 1.54) is 11.1 Å². The van der Waals surface area contributed by atoms with Gasteiger partial charge in [-0.15, -0.1) is 0 Å². The molecule has 0 spiro atoms. The van der Waals surface area contributed by atoms with Gasteiger partial charge in [0.1, 0.15) is 0 Å². The Morgan fingerprint density at radius 1 is 1.27 bits per heavy atom. The van der Waals surface area contributed by atoms with Gasteiger partial charge in [-0.3, -0.25) is 0 Å². The minimum atomic E-state index is 0.325. The maximum absolute atomic E-state index is 2.37. The van der Waals surface area contributed by atoms with Crippen molar-refractivity contribution in [2.75, 3.05) is 0 Å². The van der Waals surface area contributed by atoms with Crippen molar-refractivity contribution in [3.8, 4) is 0 Å². The average molecular weight is 150 g/mol. The average Bonchev–Trinajstić information content (AvgIpc) is 2.11. The molecule has 0 nitrogen and oxygen atoms in total. The molecule has 1 aliphatic carbocycles. The Labute approximate surface area is 70.0 Å². The molecule has 1 aliphatic rings. The van der Waals surface area contributed by atoms with Crippen LogP contribution in [0.2, 0.25) is 0 Å². The number of hydrogen-bond donors (Lipinski definition) is 0. The second kappa shape index (κ2) is 2.51. The van der Waals surface area contributed by atoms with E-state index in [0.29, 0.717) is 11.3 Å². The van der Waals surface area contributed by atoms with Crippen molar-refractivity contribution in [1.29, 1.82) is 0 Å². The van der Waals surface area contributed by atoms with E-state index in [9.17, 15) is 0 Å². The fourth-order valence-corrected chi connectivity index (χ4v) is 1.29. The molecule has 0 heterocycles. The quantitative estimate of drug-likeness (QED) is 0.495. The molecule has 1 rings (SSSR count). The van der Waals surface area contributed by atoms with Crippen molar-refractivity contribution in [3.05, 3.63) is 23.3 Å². The summed E-state index contributed by atoms with van der Waals surface area (Å²) in [6.45, 7) is 11.3. The van der Waals surface area contributed by atoms with Gasteiger partial charge in [0.2, 0.25) is 0 Å². The SMILES string of the molecule is CC1=CC(C(C)(C)C)=CC1C. The maximum Gasteiger partial charge on any atom is -0.00452 e. The minimum Gasteiger partial charge on any atom is -0.0739 e. The smallest absolute Gasteiger partial charge is 0.00452 e. The first-order chi connectivity index (χ1) is 4.91. The minimum absolute atomic E-state index is 0.325. The third-order valence-electron chi connectivity index (χ3n) is 2.40. The first kappa shape index (κ1) is 8.58. The molecule has 1 unspecified atom stereocenters. The highest BCUT2D eigenvalue weighted by Gasteiger charge is 2.20. The van der Waals surface area contributed by atoms with Gasteiger partial charge in [0.25, 0.3) is 0 Å². The van der Waals surface area contributed by atoms with Crippen molar-refractivity contribution < 1.29 is 0 Å². The lowest BCUT2D eigenvalue weighted by atomic mass is 9.87. The summed E-state index contributed by atoms with van der Waals surface area (Å²) in [5.41, 5.74) is 3.31. The number of allylic oxidation sites excluding steroid dienone is 4. The predicted molar refractivity (Wildman–Crippen MR) is 50.5 cm³/mol. The van der Waals surface area contributed by atoms with Crippen LogP contribution in [0.25, 0.3) is 0 Å². The lowest BCUT2D eigenvalue weighted by Crippen LogP contribution is -2.06. The second-order valence-electron chi connectivity index (χ2n) is 4.55. The molecule has 0 bridgehead atoms. The number of hydrogen-bond acceptors (Lipinski definition) is 0. The second-order valence-corrected chi connectivity index (χ2v) is 4.55. The van der Waals surface area contributed by atoms with E-state index in [2.05, 4.69) is 46.8 Å². The lowest BCUT2D eigenvalue weighted by molar-refractivity contribution is 0.516. The Hall–Kier alpha value is -0.520. The predicted octanol–water partition coefficient (Wildman–Crippen LogP) is 3.55. The van der Waals surface area contributed by atoms with Gasteiger partial charge in [-0.25, -0.2) is 0 Å². The van der Waals surface area contributed by atoms with E-state index in [-0.39, 0.29) is 0 Å². The van der Waals surface area contributed by atoms with E-state index < -0.39 is 0 Å². The summed E-state index contributed by atoms with van der Waals surface area (Å²) >= 11 is 0. The van der Waals surface area contributed by atoms with Crippen LogP contribution in [-0.4, -0.2) is 0 Å². The molecule has 0 heteroatoms. The molecule has 0 aromatic heterocycles. The van der Waals surface area contributed by atoms with Crippen LogP contribution in [0.4, 0.5) is 0 Å². The Balaban J connectivity index is 2.87. The van der Waals surface area contributed by atoms with E-state index in [1.54, 1.807) is 0 Å². The molecule has 0 radical (unpaired) electrons. The highest BCUT2D eigenvalue weighted by molar-refractivity contribution is 5.37. The Morgan fingerprint density at radius 2 is 1.82 bits per heavy atom. The molecule has 0 fully saturated rings. The normalized spacial score (nSPS) is 25.0. The Bertz CT molecular complexity index is 211.